The maximum absolute atomic E-state index is 12.0. The van der Waals surface area contributed by atoms with Crippen molar-refractivity contribution in [3.05, 3.63) is 54.0 Å². The van der Waals surface area contributed by atoms with E-state index >= 15 is 0 Å². The minimum absolute atomic E-state index is 0.140. The molecule has 0 radical (unpaired) electrons. The molecular formula is C14H16N2O4S. The van der Waals surface area contributed by atoms with Gasteiger partial charge in [0.05, 0.1) is 24.2 Å². The molecule has 0 bridgehead atoms. The van der Waals surface area contributed by atoms with Crippen LogP contribution in [-0.2, 0) is 21.4 Å². The predicted octanol–water partition coefficient (Wildman–Crippen LogP) is 1.18. The summed E-state index contributed by atoms with van der Waals surface area (Å²) >= 11 is 0. The van der Waals surface area contributed by atoms with Crippen LogP contribution in [-0.4, -0.2) is 20.9 Å². The lowest BCUT2D eigenvalue weighted by Gasteiger charge is -2.07. The van der Waals surface area contributed by atoms with E-state index in [0.717, 1.165) is 5.56 Å². The first-order chi connectivity index (χ1) is 9.97. The molecule has 2 rings (SSSR count). The summed E-state index contributed by atoms with van der Waals surface area (Å²) in [5.74, 6) is 0.174. The minimum atomic E-state index is -3.68. The summed E-state index contributed by atoms with van der Waals surface area (Å²) < 4.78 is 31.3. The number of hydrogen-bond donors (Lipinski definition) is 2. The monoisotopic (exact) mass is 308 g/mol. The standard InChI is InChI=1S/C14H16N2O4S/c1-11-4-2-6-13(8-11)21(18,19)16-10-14(17)15-9-12-5-3-7-20-12/h2-8,16H,9-10H2,1H3,(H,15,17). The Balaban J connectivity index is 1.88. The molecule has 2 N–H and O–H groups in total. The molecule has 1 amide bonds. The van der Waals surface area contributed by atoms with Gasteiger partial charge in [-0.3, -0.25) is 4.79 Å². The molecule has 1 heterocycles. The molecule has 0 aliphatic heterocycles. The lowest BCUT2D eigenvalue weighted by atomic mass is 10.2. The second-order valence-corrected chi connectivity index (χ2v) is 6.26. The first-order valence-corrected chi connectivity index (χ1v) is 7.81. The van der Waals surface area contributed by atoms with Crippen LogP contribution in [0.3, 0.4) is 0 Å². The van der Waals surface area contributed by atoms with Gasteiger partial charge >= 0.3 is 0 Å². The van der Waals surface area contributed by atoms with E-state index in [1.54, 1.807) is 37.3 Å². The van der Waals surface area contributed by atoms with Crippen LogP contribution in [0.4, 0.5) is 0 Å². The third-order valence-electron chi connectivity index (χ3n) is 2.76. The van der Waals surface area contributed by atoms with Gasteiger partial charge in [0.1, 0.15) is 5.76 Å². The van der Waals surface area contributed by atoms with E-state index in [1.165, 1.54) is 12.3 Å². The molecule has 1 aromatic heterocycles. The molecule has 112 valence electrons. The smallest absolute Gasteiger partial charge is 0.241 e. The predicted molar refractivity (Wildman–Crippen MR) is 76.9 cm³/mol. The third kappa shape index (κ3) is 4.44. The number of nitrogens with one attached hydrogen (secondary N) is 2. The van der Waals surface area contributed by atoms with Crippen molar-refractivity contribution >= 4 is 15.9 Å². The van der Waals surface area contributed by atoms with Crippen LogP contribution in [0.15, 0.2) is 52.0 Å². The minimum Gasteiger partial charge on any atom is -0.467 e. The van der Waals surface area contributed by atoms with E-state index in [4.69, 9.17) is 4.42 Å². The summed E-state index contributed by atoms with van der Waals surface area (Å²) in [7, 11) is -3.68. The van der Waals surface area contributed by atoms with Gasteiger partial charge in [-0.15, -0.1) is 0 Å². The number of amides is 1. The van der Waals surface area contributed by atoms with Crippen LogP contribution >= 0.6 is 0 Å². The summed E-state index contributed by atoms with van der Waals surface area (Å²) in [6, 6.07) is 9.91. The van der Waals surface area contributed by atoms with E-state index in [1.807, 2.05) is 0 Å². The molecule has 21 heavy (non-hydrogen) atoms. The Labute approximate surface area is 123 Å². The molecule has 0 fully saturated rings. The molecule has 1 aromatic carbocycles. The fourth-order valence-electron chi connectivity index (χ4n) is 1.69. The lowest BCUT2D eigenvalue weighted by Crippen LogP contribution is -2.36. The number of hydrogen-bond acceptors (Lipinski definition) is 4. The zero-order chi connectivity index (χ0) is 15.3. The van der Waals surface area contributed by atoms with Crippen LogP contribution in [0, 0.1) is 6.92 Å². The number of carbonyl (C=O) groups is 1. The number of benzene rings is 1. The summed E-state index contributed by atoms with van der Waals surface area (Å²) in [5.41, 5.74) is 0.833. The van der Waals surface area contributed by atoms with Crippen molar-refractivity contribution in [3.63, 3.8) is 0 Å². The second-order valence-electron chi connectivity index (χ2n) is 4.50. The van der Waals surface area contributed by atoms with Crippen molar-refractivity contribution in [1.29, 1.82) is 0 Å². The number of rotatable bonds is 6. The largest absolute Gasteiger partial charge is 0.467 e. The summed E-state index contributed by atoms with van der Waals surface area (Å²) in [4.78, 5) is 11.7. The Morgan fingerprint density at radius 1 is 1.24 bits per heavy atom. The highest BCUT2D eigenvalue weighted by Gasteiger charge is 2.15. The quantitative estimate of drug-likeness (QED) is 0.839. The third-order valence-corrected chi connectivity index (χ3v) is 4.16. The van der Waals surface area contributed by atoms with Gasteiger partial charge in [-0.1, -0.05) is 12.1 Å². The number of carbonyl (C=O) groups excluding carboxylic acids is 1. The highest BCUT2D eigenvalue weighted by Crippen LogP contribution is 2.10. The highest BCUT2D eigenvalue weighted by molar-refractivity contribution is 7.89. The average Bonchev–Trinajstić information content (AvgIpc) is 2.96. The molecule has 0 saturated heterocycles. The van der Waals surface area contributed by atoms with Gasteiger partial charge in [0.2, 0.25) is 15.9 Å². The second kappa shape index (κ2) is 6.55. The number of furan rings is 1. The molecule has 2 aromatic rings. The van der Waals surface area contributed by atoms with Crippen molar-refractivity contribution in [2.45, 2.75) is 18.4 Å². The molecule has 0 saturated carbocycles. The first kappa shape index (κ1) is 15.3. The van der Waals surface area contributed by atoms with Gasteiger partial charge < -0.3 is 9.73 Å². The lowest BCUT2D eigenvalue weighted by molar-refractivity contribution is -0.120. The maximum atomic E-state index is 12.0. The molecule has 0 unspecified atom stereocenters. The van der Waals surface area contributed by atoms with E-state index in [9.17, 15) is 13.2 Å². The van der Waals surface area contributed by atoms with Gasteiger partial charge in [-0.05, 0) is 36.8 Å². The first-order valence-electron chi connectivity index (χ1n) is 6.33. The van der Waals surface area contributed by atoms with Crippen LogP contribution in [0.2, 0.25) is 0 Å². The van der Waals surface area contributed by atoms with Crippen molar-refractivity contribution in [1.82, 2.24) is 10.0 Å². The fourth-order valence-corrected chi connectivity index (χ4v) is 2.77. The van der Waals surface area contributed by atoms with Crippen molar-refractivity contribution in [2.75, 3.05) is 6.54 Å². The number of sulfonamides is 1. The molecule has 0 atom stereocenters. The van der Waals surface area contributed by atoms with Crippen molar-refractivity contribution < 1.29 is 17.6 Å². The van der Waals surface area contributed by atoms with Gasteiger partial charge in [-0.25, -0.2) is 13.1 Å². The average molecular weight is 308 g/mol. The maximum Gasteiger partial charge on any atom is 0.241 e. The Morgan fingerprint density at radius 2 is 2.05 bits per heavy atom. The molecule has 7 heteroatoms. The SMILES string of the molecule is Cc1cccc(S(=O)(=O)NCC(=O)NCc2ccco2)c1. The Hall–Kier alpha value is -2.12. The van der Waals surface area contributed by atoms with Crippen molar-refractivity contribution in [2.24, 2.45) is 0 Å². The normalized spacial score (nSPS) is 11.3. The summed E-state index contributed by atoms with van der Waals surface area (Å²) in [6.07, 6.45) is 1.50. The molecule has 6 nitrogen and oxygen atoms in total. The molecule has 0 spiro atoms. The van der Waals surface area contributed by atoms with Crippen LogP contribution < -0.4 is 10.0 Å². The zero-order valence-corrected chi connectivity index (χ0v) is 12.3. The Kier molecular flexibility index (Phi) is 4.77. The number of aryl methyl sites for hydroxylation is 1. The molecule has 0 aliphatic rings. The Morgan fingerprint density at radius 3 is 2.71 bits per heavy atom. The van der Waals surface area contributed by atoms with E-state index in [2.05, 4.69) is 10.0 Å². The van der Waals surface area contributed by atoms with Crippen LogP contribution in [0.5, 0.6) is 0 Å². The van der Waals surface area contributed by atoms with E-state index in [0.29, 0.717) is 5.76 Å². The van der Waals surface area contributed by atoms with Gasteiger partial charge in [0.25, 0.3) is 0 Å². The summed E-state index contributed by atoms with van der Waals surface area (Å²) in [5, 5.41) is 2.56. The summed E-state index contributed by atoms with van der Waals surface area (Å²) in [6.45, 7) is 1.70. The van der Waals surface area contributed by atoms with E-state index in [-0.39, 0.29) is 18.0 Å². The molecular weight excluding hydrogens is 292 g/mol. The van der Waals surface area contributed by atoms with Gasteiger partial charge in [0.15, 0.2) is 0 Å². The fraction of sp³-hybridized carbons (Fsp3) is 0.214. The topological polar surface area (TPSA) is 88.4 Å². The molecule has 0 aliphatic carbocycles. The highest BCUT2D eigenvalue weighted by atomic mass is 32.2. The van der Waals surface area contributed by atoms with Gasteiger partial charge in [-0.2, -0.15) is 0 Å². The zero-order valence-electron chi connectivity index (χ0n) is 11.5. The Bertz CT molecular complexity index is 708. The van der Waals surface area contributed by atoms with Crippen molar-refractivity contribution in [3.8, 4) is 0 Å². The van der Waals surface area contributed by atoms with Gasteiger partial charge in [0, 0.05) is 0 Å². The van der Waals surface area contributed by atoms with Crippen LogP contribution in [0.25, 0.3) is 0 Å². The van der Waals surface area contributed by atoms with E-state index < -0.39 is 15.9 Å². The van der Waals surface area contributed by atoms with Crippen LogP contribution in [0.1, 0.15) is 11.3 Å².